The Kier molecular flexibility index (Phi) is 2.45. The van der Waals surface area contributed by atoms with Crippen molar-refractivity contribution in [2.24, 2.45) is 0 Å². The van der Waals surface area contributed by atoms with E-state index in [9.17, 15) is 0 Å². The summed E-state index contributed by atoms with van der Waals surface area (Å²) in [5.74, 6) is 1.10. The van der Waals surface area contributed by atoms with Crippen LogP contribution < -0.4 is 0 Å². The van der Waals surface area contributed by atoms with E-state index < -0.39 is 0 Å². The highest BCUT2D eigenvalue weighted by Gasteiger charge is 2.07. The molecular formula is C9H8ClN3O. The van der Waals surface area contributed by atoms with Gasteiger partial charge in [0, 0.05) is 12.4 Å². The van der Waals surface area contributed by atoms with Crippen LogP contribution >= 0.6 is 11.6 Å². The van der Waals surface area contributed by atoms with E-state index in [1.807, 2.05) is 13.0 Å². The minimum absolute atomic E-state index is 0.228. The highest BCUT2D eigenvalue weighted by molar-refractivity contribution is 6.16. The van der Waals surface area contributed by atoms with Crippen LogP contribution in [0.15, 0.2) is 22.9 Å². The van der Waals surface area contributed by atoms with Crippen molar-refractivity contribution in [2.45, 2.75) is 12.8 Å². The lowest BCUT2D eigenvalue weighted by Gasteiger charge is -1.94. The van der Waals surface area contributed by atoms with E-state index in [1.54, 1.807) is 12.4 Å². The molecule has 0 amide bonds. The number of rotatable bonds is 2. The minimum Gasteiger partial charge on any atom is -0.419 e. The monoisotopic (exact) mass is 209 g/mol. The van der Waals surface area contributed by atoms with E-state index in [0.29, 0.717) is 11.8 Å². The molecule has 0 bridgehead atoms. The third-order valence-electron chi connectivity index (χ3n) is 1.70. The molecule has 0 saturated heterocycles. The first kappa shape index (κ1) is 9.15. The number of aromatic nitrogens is 3. The molecule has 14 heavy (non-hydrogen) atoms. The predicted molar refractivity (Wildman–Crippen MR) is 51.8 cm³/mol. The Morgan fingerprint density at radius 1 is 1.36 bits per heavy atom. The average molecular weight is 210 g/mol. The van der Waals surface area contributed by atoms with E-state index in [-0.39, 0.29) is 5.88 Å². The molecule has 0 aliphatic heterocycles. The van der Waals surface area contributed by atoms with Gasteiger partial charge in [-0.1, -0.05) is 0 Å². The van der Waals surface area contributed by atoms with Gasteiger partial charge in [-0.05, 0) is 18.6 Å². The van der Waals surface area contributed by atoms with Crippen molar-refractivity contribution in [1.82, 2.24) is 15.2 Å². The molecule has 0 N–H and O–H groups in total. The van der Waals surface area contributed by atoms with Crippen molar-refractivity contribution in [3.63, 3.8) is 0 Å². The van der Waals surface area contributed by atoms with E-state index >= 15 is 0 Å². The van der Waals surface area contributed by atoms with Gasteiger partial charge in [0.15, 0.2) is 0 Å². The van der Waals surface area contributed by atoms with E-state index in [0.717, 1.165) is 11.1 Å². The maximum atomic E-state index is 5.55. The molecule has 0 aromatic carbocycles. The fourth-order valence-electron chi connectivity index (χ4n) is 1.10. The number of aryl methyl sites for hydroxylation is 1. The molecule has 0 fully saturated rings. The summed E-state index contributed by atoms with van der Waals surface area (Å²) < 4.78 is 5.28. The van der Waals surface area contributed by atoms with Crippen LogP contribution in [0, 0.1) is 6.92 Å². The van der Waals surface area contributed by atoms with Crippen LogP contribution in [-0.4, -0.2) is 15.2 Å². The Balaban J connectivity index is 2.39. The van der Waals surface area contributed by atoms with E-state index in [4.69, 9.17) is 16.0 Å². The van der Waals surface area contributed by atoms with Crippen LogP contribution in [0.4, 0.5) is 0 Å². The second-order valence-corrected chi connectivity index (χ2v) is 3.15. The molecular weight excluding hydrogens is 202 g/mol. The van der Waals surface area contributed by atoms with Gasteiger partial charge in [-0.2, -0.15) is 0 Å². The Bertz CT molecular complexity index is 441. The van der Waals surface area contributed by atoms with Gasteiger partial charge in [-0.15, -0.1) is 21.8 Å². The molecule has 0 spiro atoms. The number of nitrogens with zero attached hydrogens (tertiary/aromatic N) is 3. The van der Waals surface area contributed by atoms with Crippen LogP contribution in [0.5, 0.6) is 0 Å². The molecule has 0 saturated carbocycles. The van der Waals surface area contributed by atoms with Gasteiger partial charge < -0.3 is 4.42 Å². The van der Waals surface area contributed by atoms with Gasteiger partial charge in [0.05, 0.1) is 5.56 Å². The van der Waals surface area contributed by atoms with Crippen molar-refractivity contribution < 1.29 is 4.42 Å². The topological polar surface area (TPSA) is 51.8 Å². The fourth-order valence-corrected chi connectivity index (χ4v) is 1.20. The molecule has 2 aromatic heterocycles. The summed E-state index contributed by atoms with van der Waals surface area (Å²) >= 11 is 5.55. The zero-order valence-corrected chi connectivity index (χ0v) is 8.32. The summed E-state index contributed by atoms with van der Waals surface area (Å²) in [5, 5.41) is 7.62. The number of halogens is 1. The standard InChI is InChI=1S/C9H8ClN3O/c1-6-2-7(5-11-4-6)9-13-12-8(3-10)14-9/h2,4-5H,3H2,1H3. The Labute approximate surface area is 85.9 Å². The van der Waals surface area contributed by atoms with E-state index in [2.05, 4.69) is 15.2 Å². The first-order valence-electron chi connectivity index (χ1n) is 4.10. The molecule has 72 valence electrons. The molecule has 5 heteroatoms. The molecule has 2 rings (SSSR count). The summed E-state index contributed by atoms with van der Waals surface area (Å²) in [5.41, 5.74) is 1.86. The minimum atomic E-state index is 0.228. The maximum Gasteiger partial charge on any atom is 0.249 e. The van der Waals surface area contributed by atoms with Gasteiger partial charge in [0.2, 0.25) is 11.8 Å². The summed E-state index contributed by atoms with van der Waals surface area (Å²) in [6.07, 6.45) is 3.45. The Morgan fingerprint density at radius 3 is 2.86 bits per heavy atom. The zero-order chi connectivity index (χ0) is 9.97. The summed E-state index contributed by atoms with van der Waals surface area (Å²) in [7, 11) is 0. The predicted octanol–water partition coefficient (Wildman–Crippen LogP) is 2.18. The zero-order valence-electron chi connectivity index (χ0n) is 7.57. The molecule has 2 heterocycles. The van der Waals surface area contributed by atoms with Crippen molar-refractivity contribution >= 4 is 11.6 Å². The van der Waals surface area contributed by atoms with Crippen molar-refractivity contribution in [3.8, 4) is 11.5 Å². The van der Waals surface area contributed by atoms with Crippen LogP contribution in [0.25, 0.3) is 11.5 Å². The van der Waals surface area contributed by atoms with Gasteiger partial charge in [-0.25, -0.2) is 0 Å². The molecule has 0 radical (unpaired) electrons. The van der Waals surface area contributed by atoms with E-state index in [1.165, 1.54) is 0 Å². The molecule has 0 aliphatic carbocycles. The van der Waals surface area contributed by atoms with Crippen LogP contribution in [0.3, 0.4) is 0 Å². The first-order valence-corrected chi connectivity index (χ1v) is 4.63. The van der Waals surface area contributed by atoms with Gasteiger partial charge >= 0.3 is 0 Å². The normalized spacial score (nSPS) is 10.4. The van der Waals surface area contributed by atoms with Crippen molar-refractivity contribution in [2.75, 3.05) is 0 Å². The molecule has 0 unspecified atom stereocenters. The lowest BCUT2D eigenvalue weighted by atomic mass is 10.2. The maximum absolute atomic E-state index is 5.55. The third kappa shape index (κ3) is 1.75. The summed E-state index contributed by atoms with van der Waals surface area (Å²) in [6, 6.07) is 1.93. The lowest BCUT2D eigenvalue weighted by molar-refractivity contribution is 0.527. The van der Waals surface area contributed by atoms with Gasteiger partial charge in [0.25, 0.3) is 0 Å². The lowest BCUT2D eigenvalue weighted by Crippen LogP contribution is -1.81. The van der Waals surface area contributed by atoms with Crippen LogP contribution in [0.2, 0.25) is 0 Å². The Hall–Kier alpha value is -1.42. The number of hydrogen-bond acceptors (Lipinski definition) is 4. The Morgan fingerprint density at radius 2 is 2.21 bits per heavy atom. The number of pyridine rings is 1. The highest BCUT2D eigenvalue weighted by Crippen LogP contribution is 2.17. The second-order valence-electron chi connectivity index (χ2n) is 2.89. The molecule has 0 atom stereocenters. The number of alkyl halides is 1. The third-order valence-corrected chi connectivity index (χ3v) is 1.93. The van der Waals surface area contributed by atoms with Gasteiger partial charge in [-0.3, -0.25) is 4.98 Å². The largest absolute Gasteiger partial charge is 0.419 e. The first-order chi connectivity index (χ1) is 6.79. The quantitative estimate of drug-likeness (QED) is 0.712. The average Bonchev–Trinajstić information content (AvgIpc) is 2.66. The summed E-state index contributed by atoms with van der Waals surface area (Å²) in [4.78, 5) is 4.03. The smallest absolute Gasteiger partial charge is 0.249 e. The molecule has 0 aliphatic rings. The number of hydrogen-bond donors (Lipinski definition) is 0. The summed E-state index contributed by atoms with van der Waals surface area (Å²) in [6.45, 7) is 1.95. The highest BCUT2D eigenvalue weighted by atomic mass is 35.5. The van der Waals surface area contributed by atoms with Crippen molar-refractivity contribution in [3.05, 3.63) is 29.9 Å². The fraction of sp³-hybridized carbons (Fsp3) is 0.222. The molecule has 2 aromatic rings. The van der Waals surface area contributed by atoms with Crippen molar-refractivity contribution in [1.29, 1.82) is 0 Å². The van der Waals surface area contributed by atoms with Crippen LogP contribution in [0.1, 0.15) is 11.5 Å². The SMILES string of the molecule is Cc1cncc(-c2nnc(CCl)o2)c1. The molecule has 4 nitrogen and oxygen atoms in total. The second kappa shape index (κ2) is 3.75. The van der Waals surface area contributed by atoms with Gasteiger partial charge in [0.1, 0.15) is 5.88 Å². The van der Waals surface area contributed by atoms with Crippen LogP contribution in [-0.2, 0) is 5.88 Å².